The fourth-order valence-electron chi connectivity index (χ4n) is 2.00. The Hall–Kier alpha value is -2.02. The summed E-state index contributed by atoms with van der Waals surface area (Å²) in [6.45, 7) is 1.86. The Labute approximate surface area is 121 Å². The van der Waals surface area contributed by atoms with E-state index in [1.165, 1.54) is 4.57 Å². The summed E-state index contributed by atoms with van der Waals surface area (Å²) in [5.74, 6) is -1.15. The van der Waals surface area contributed by atoms with Gasteiger partial charge < -0.3 is 5.73 Å². The molecule has 0 aliphatic carbocycles. The highest BCUT2D eigenvalue weighted by molar-refractivity contribution is 9.10. The molecule has 0 unspecified atom stereocenters. The van der Waals surface area contributed by atoms with E-state index in [1.807, 2.05) is 6.92 Å². The lowest BCUT2D eigenvalue weighted by Gasteiger charge is -2.08. The third-order valence-corrected chi connectivity index (χ3v) is 3.50. The van der Waals surface area contributed by atoms with Crippen LogP contribution in [0.1, 0.15) is 5.56 Å². The Morgan fingerprint density at radius 2 is 1.95 bits per heavy atom. The van der Waals surface area contributed by atoms with Gasteiger partial charge in [-0.15, -0.1) is 0 Å². The first-order valence-corrected chi connectivity index (χ1v) is 6.52. The van der Waals surface area contributed by atoms with Gasteiger partial charge in [-0.1, -0.05) is 0 Å². The zero-order valence-electron chi connectivity index (χ0n) is 10.4. The number of nitrogens with two attached hydrogens (primary N) is 1. The van der Waals surface area contributed by atoms with Crippen molar-refractivity contribution in [2.24, 2.45) is 0 Å². The molecule has 3 aromatic rings. The van der Waals surface area contributed by atoms with Gasteiger partial charge in [0.1, 0.15) is 17.2 Å². The summed E-state index contributed by atoms with van der Waals surface area (Å²) in [4.78, 5) is 8.31. The van der Waals surface area contributed by atoms with Gasteiger partial charge in [-0.3, -0.25) is 4.57 Å². The van der Waals surface area contributed by atoms with Crippen molar-refractivity contribution in [1.82, 2.24) is 14.5 Å². The molecule has 2 aromatic heterocycles. The maximum atomic E-state index is 14.1. The van der Waals surface area contributed by atoms with Gasteiger partial charge in [0.25, 0.3) is 0 Å². The van der Waals surface area contributed by atoms with E-state index in [0.29, 0.717) is 11.2 Å². The number of fused-ring (bicyclic) bond motifs is 1. The number of hydrogen-bond acceptors (Lipinski definition) is 3. The highest BCUT2D eigenvalue weighted by Gasteiger charge is 2.17. The number of aromatic nitrogens is 3. The van der Waals surface area contributed by atoms with Crippen LogP contribution in [-0.4, -0.2) is 14.5 Å². The molecule has 7 heteroatoms. The van der Waals surface area contributed by atoms with Gasteiger partial charge in [-0.2, -0.15) is 0 Å². The fraction of sp³-hybridized carbons (Fsp3) is 0.0769. The zero-order valence-corrected chi connectivity index (χ0v) is 11.9. The number of imidazole rings is 1. The molecule has 0 amide bonds. The van der Waals surface area contributed by atoms with Crippen molar-refractivity contribution in [1.29, 1.82) is 0 Å². The lowest BCUT2D eigenvalue weighted by atomic mass is 10.2. The number of halogens is 3. The Bertz CT molecular complexity index is 829. The van der Waals surface area contributed by atoms with E-state index in [9.17, 15) is 8.78 Å². The largest absolute Gasteiger partial charge is 0.369 e. The maximum absolute atomic E-state index is 14.1. The Kier molecular flexibility index (Phi) is 2.93. The van der Waals surface area contributed by atoms with Crippen molar-refractivity contribution < 1.29 is 8.78 Å². The van der Waals surface area contributed by atoms with E-state index >= 15 is 0 Å². The molecule has 102 valence electrons. The first-order valence-electron chi connectivity index (χ1n) is 5.73. The minimum Gasteiger partial charge on any atom is -0.369 e. The van der Waals surface area contributed by atoms with Crippen LogP contribution in [0.15, 0.2) is 28.9 Å². The molecule has 0 bridgehead atoms. The second-order valence-corrected chi connectivity index (χ2v) is 5.23. The van der Waals surface area contributed by atoms with Crippen LogP contribution in [0.25, 0.3) is 16.9 Å². The third kappa shape index (κ3) is 1.94. The highest BCUT2D eigenvalue weighted by atomic mass is 79.9. The predicted octanol–water partition coefficient (Wildman–Crippen LogP) is 3.35. The Balaban J connectivity index is 2.35. The molecule has 0 aliphatic heterocycles. The Morgan fingerprint density at radius 1 is 1.20 bits per heavy atom. The molecule has 2 heterocycles. The van der Waals surface area contributed by atoms with Crippen molar-refractivity contribution in [3.63, 3.8) is 0 Å². The fourth-order valence-corrected chi connectivity index (χ4v) is 2.32. The molecule has 2 N–H and O–H groups in total. The van der Waals surface area contributed by atoms with Crippen LogP contribution in [-0.2, 0) is 0 Å². The highest BCUT2D eigenvalue weighted by Crippen LogP contribution is 2.27. The van der Waals surface area contributed by atoms with Crippen LogP contribution in [0.2, 0.25) is 0 Å². The summed E-state index contributed by atoms with van der Waals surface area (Å²) >= 11 is 2.93. The molecule has 3 rings (SSSR count). The van der Waals surface area contributed by atoms with Crippen molar-refractivity contribution >= 4 is 33.0 Å². The standard InChI is InChI=1S/C13H9BrF2N4/c1-6-2-10-12(18-5-6)20(13(17)19-10)11-4-8(15)7(14)3-9(11)16/h2-5H,1H3,(H2,17,19). The predicted molar refractivity (Wildman–Crippen MR) is 75.6 cm³/mol. The lowest BCUT2D eigenvalue weighted by Crippen LogP contribution is -2.04. The number of anilines is 1. The first kappa shape index (κ1) is 13.0. The van der Waals surface area contributed by atoms with E-state index in [-0.39, 0.29) is 16.1 Å². The summed E-state index contributed by atoms with van der Waals surface area (Å²) in [6.07, 6.45) is 1.62. The molecule has 4 nitrogen and oxygen atoms in total. The Morgan fingerprint density at radius 3 is 2.70 bits per heavy atom. The van der Waals surface area contributed by atoms with Crippen LogP contribution in [0, 0.1) is 18.6 Å². The molecule has 1 aromatic carbocycles. The van der Waals surface area contributed by atoms with Gasteiger partial charge in [0.2, 0.25) is 5.95 Å². The van der Waals surface area contributed by atoms with Crippen molar-refractivity contribution in [3.8, 4) is 5.69 Å². The van der Waals surface area contributed by atoms with Crippen LogP contribution in [0.3, 0.4) is 0 Å². The molecule has 0 fully saturated rings. The molecule has 20 heavy (non-hydrogen) atoms. The molecule has 0 saturated carbocycles. The van der Waals surface area contributed by atoms with E-state index in [4.69, 9.17) is 5.73 Å². The van der Waals surface area contributed by atoms with Gasteiger partial charge in [-0.25, -0.2) is 18.7 Å². The second kappa shape index (κ2) is 4.52. The number of nitrogen functional groups attached to an aromatic ring is 1. The van der Waals surface area contributed by atoms with Crippen molar-refractivity contribution in [2.75, 3.05) is 5.73 Å². The molecule has 0 radical (unpaired) electrons. The van der Waals surface area contributed by atoms with Gasteiger partial charge >= 0.3 is 0 Å². The normalized spacial score (nSPS) is 11.2. The van der Waals surface area contributed by atoms with Crippen LogP contribution < -0.4 is 5.73 Å². The van der Waals surface area contributed by atoms with Crippen LogP contribution in [0.5, 0.6) is 0 Å². The number of aryl methyl sites for hydroxylation is 1. The quantitative estimate of drug-likeness (QED) is 0.692. The summed E-state index contributed by atoms with van der Waals surface area (Å²) in [5, 5.41) is 0. The third-order valence-electron chi connectivity index (χ3n) is 2.89. The van der Waals surface area contributed by atoms with Gasteiger partial charge in [0.15, 0.2) is 5.65 Å². The molecule has 0 atom stereocenters. The lowest BCUT2D eigenvalue weighted by molar-refractivity contribution is 0.588. The summed E-state index contributed by atoms with van der Waals surface area (Å²) < 4.78 is 29.0. The second-order valence-electron chi connectivity index (χ2n) is 4.38. The number of benzene rings is 1. The van der Waals surface area contributed by atoms with Crippen LogP contribution >= 0.6 is 15.9 Å². The number of hydrogen-bond donors (Lipinski definition) is 1. The molecular weight excluding hydrogens is 330 g/mol. The summed E-state index contributed by atoms with van der Waals surface area (Å²) in [6, 6.07) is 3.88. The van der Waals surface area contributed by atoms with Crippen molar-refractivity contribution in [2.45, 2.75) is 6.92 Å². The zero-order chi connectivity index (χ0) is 14.4. The summed E-state index contributed by atoms with van der Waals surface area (Å²) in [5.41, 5.74) is 7.60. The topological polar surface area (TPSA) is 56.7 Å². The average Bonchev–Trinajstić information content (AvgIpc) is 2.69. The van der Waals surface area contributed by atoms with E-state index in [1.54, 1.807) is 12.3 Å². The molecule has 0 spiro atoms. The molecule has 0 aliphatic rings. The first-order chi connectivity index (χ1) is 9.47. The monoisotopic (exact) mass is 338 g/mol. The van der Waals surface area contributed by atoms with E-state index in [0.717, 1.165) is 17.7 Å². The van der Waals surface area contributed by atoms with E-state index in [2.05, 4.69) is 25.9 Å². The SMILES string of the molecule is Cc1cnc2c(c1)nc(N)n2-c1cc(F)c(Br)cc1F. The summed E-state index contributed by atoms with van der Waals surface area (Å²) in [7, 11) is 0. The van der Waals surface area contributed by atoms with Gasteiger partial charge in [0, 0.05) is 12.3 Å². The van der Waals surface area contributed by atoms with Crippen molar-refractivity contribution in [3.05, 3.63) is 46.1 Å². The maximum Gasteiger partial charge on any atom is 0.207 e. The van der Waals surface area contributed by atoms with Crippen LogP contribution in [0.4, 0.5) is 14.7 Å². The molecule has 0 saturated heterocycles. The minimum absolute atomic E-state index is 0.0259. The number of nitrogens with zero attached hydrogens (tertiary/aromatic N) is 3. The van der Waals surface area contributed by atoms with Gasteiger partial charge in [0.05, 0.1) is 10.2 Å². The average molecular weight is 339 g/mol. The number of rotatable bonds is 1. The number of pyridine rings is 1. The minimum atomic E-state index is -0.619. The molecular formula is C13H9BrF2N4. The van der Waals surface area contributed by atoms with Gasteiger partial charge in [-0.05, 0) is 40.5 Å². The van der Waals surface area contributed by atoms with E-state index < -0.39 is 11.6 Å². The smallest absolute Gasteiger partial charge is 0.207 e.